The Labute approximate surface area is 266 Å². The van der Waals surface area contributed by atoms with Crippen molar-refractivity contribution in [3.05, 3.63) is 111 Å². The van der Waals surface area contributed by atoms with E-state index in [2.05, 4.69) is 0 Å². The van der Waals surface area contributed by atoms with Crippen LogP contribution in [-0.4, -0.2) is 66.2 Å². The summed E-state index contributed by atoms with van der Waals surface area (Å²) >= 11 is 0. The summed E-state index contributed by atoms with van der Waals surface area (Å²) in [6.07, 6.45) is 1.52. The molecule has 4 aromatic rings. The minimum absolute atomic E-state index is 0.0406. The molecule has 0 saturated carbocycles. The number of nitro groups is 4. The first kappa shape index (κ1) is 31.3. The molecule has 4 amide bonds. The molecule has 242 valence electrons. The number of rotatable bonds is 11. The summed E-state index contributed by atoms with van der Waals surface area (Å²) in [4.78, 5) is 98.1. The Kier molecular flexibility index (Phi) is 7.54. The summed E-state index contributed by atoms with van der Waals surface area (Å²) in [7, 11) is 0. The fourth-order valence-electron chi connectivity index (χ4n) is 6.31. The molecule has 2 aliphatic heterocycles. The first-order valence-corrected chi connectivity index (χ1v) is 14.3. The van der Waals surface area contributed by atoms with Gasteiger partial charge in [-0.3, -0.25) is 69.4 Å². The molecule has 0 N–H and O–H groups in total. The van der Waals surface area contributed by atoms with E-state index in [0.717, 1.165) is 58.3 Å². The van der Waals surface area contributed by atoms with Gasteiger partial charge in [0.1, 0.15) is 10.8 Å². The normalized spacial score (nSPS) is 13.8. The van der Waals surface area contributed by atoms with Crippen molar-refractivity contribution in [2.75, 3.05) is 13.1 Å². The van der Waals surface area contributed by atoms with E-state index in [0.29, 0.717) is 25.7 Å². The lowest BCUT2D eigenvalue weighted by atomic mass is 9.91. The Morgan fingerprint density at radius 3 is 0.875 bits per heavy atom. The van der Waals surface area contributed by atoms with Crippen molar-refractivity contribution in [3.8, 4) is 0 Å². The van der Waals surface area contributed by atoms with Gasteiger partial charge in [-0.05, 0) is 37.1 Å². The van der Waals surface area contributed by atoms with Crippen molar-refractivity contribution < 1.29 is 38.9 Å². The van der Waals surface area contributed by atoms with Gasteiger partial charge in [0.05, 0.1) is 19.7 Å². The second kappa shape index (κ2) is 11.6. The van der Waals surface area contributed by atoms with Gasteiger partial charge in [0.25, 0.3) is 46.4 Å². The molecule has 0 aromatic heterocycles. The Morgan fingerprint density at radius 2 is 0.646 bits per heavy atom. The zero-order valence-corrected chi connectivity index (χ0v) is 24.4. The van der Waals surface area contributed by atoms with E-state index in [1.165, 1.54) is 0 Å². The topological polar surface area (TPSA) is 247 Å². The van der Waals surface area contributed by atoms with Gasteiger partial charge in [-0.2, -0.15) is 0 Å². The molecule has 0 spiro atoms. The first-order valence-electron chi connectivity index (χ1n) is 14.3. The molecule has 0 aliphatic carbocycles. The summed E-state index contributed by atoms with van der Waals surface area (Å²) in [5.74, 6) is -3.03. The van der Waals surface area contributed by atoms with Crippen LogP contribution in [0.2, 0.25) is 0 Å². The highest BCUT2D eigenvalue weighted by atomic mass is 16.6. The molecule has 0 fully saturated rings. The maximum atomic E-state index is 13.3. The standard InChI is InChI=1S/C30H20N6O12/c37-27-15-5-9-19(33(41)42)25-20(34(43)44)10-6-16(23(15)25)28(38)31(27)13-3-1-2-4-14-32-29(39)17-7-11-21(35(45)46)26-22(36(47)48)12-8-18(24(17)26)30(32)40/h5-12H,1-4,13-14H2. The lowest BCUT2D eigenvalue weighted by Gasteiger charge is -2.27. The summed E-state index contributed by atoms with van der Waals surface area (Å²) in [6, 6.07) is 8.62. The van der Waals surface area contributed by atoms with E-state index in [4.69, 9.17) is 0 Å². The van der Waals surface area contributed by atoms with Crippen LogP contribution in [0.25, 0.3) is 21.5 Å². The van der Waals surface area contributed by atoms with Crippen LogP contribution in [0.15, 0.2) is 48.5 Å². The number of imide groups is 2. The molecule has 0 radical (unpaired) electrons. The Balaban J connectivity index is 1.13. The largest absolute Gasteiger partial charge is 0.284 e. The van der Waals surface area contributed by atoms with Crippen molar-refractivity contribution in [2.24, 2.45) is 0 Å². The first-order chi connectivity index (χ1) is 22.8. The second-order valence-electron chi connectivity index (χ2n) is 11.0. The number of non-ortho nitro benzene ring substituents is 4. The van der Waals surface area contributed by atoms with Gasteiger partial charge >= 0.3 is 0 Å². The quantitative estimate of drug-likeness (QED) is 0.0887. The van der Waals surface area contributed by atoms with E-state index in [-0.39, 0.29) is 46.1 Å². The van der Waals surface area contributed by atoms with Gasteiger partial charge in [0.15, 0.2) is 0 Å². The summed E-state index contributed by atoms with van der Waals surface area (Å²) in [6.45, 7) is -0.0812. The Morgan fingerprint density at radius 1 is 0.396 bits per heavy atom. The maximum Gasteiger partial charge on any atom is 0.284 e. The number of carbonyl (C=O) groups excluding carboxylic acids is 4. The average Bonchev–Trinajstić information content (AvgIpc) is 3.05. The highest BCUT2D eigenvalue weighted by molar-refractivity contribution is 6.28. The van der Waals surface area contributed by atoms with E-state index in [1.807, 2.05) is 0 Å². The van der Waals surface area contributed by atoms with Crippen molar-refractivity contribution >= 4 is 67.9 Å². The van der Waals surface area contributed by atoms with Crippen molar-refractivity contribution in [1.82, 2.24) is 9.80 Å². The minimum atomic E-state index is -0.820. The van der Waals surface area contributed by atoms with Crippen LogP contribution in [0.5, 0.6) is 0 Å². The molecular formula is C30H20N6O12. The number of carbonyl (C=O) groups is 4. The van der Waals surface area contributed by atoms with Crippen molar-refractivity contribution in [3.63, 3.8) is 0 Å². The minimum Gasteiger partial charge on any atom is -0.274 e. The smallest absolute Gasteiger partial charge is 0.274 e. The van der Waals surface area contributed by atoms with E-state index >= 15 is 0 Å². The fourth-order valence-corrected chi connectivity index (χ4v) is 6.31. The van der Waals surface area contributed by atoms with Gasteiger partial charge in [0, 0.05) is 70.4 Å². The SMILES string of the molecule is O=C1c2ccc([N+](=O)[O-])c3c([N+](=O)[O-])ccc(c23)C(=O)N1CCCCCCN1C(=O)c2ccc([N+](=O)[O-])c3c([N+](=O)[O-])ccc(c23)C1=O. The zero-order valence-electron chi connectivity index (χ0n) is 24.4. The molecule has 2 aliphatic rings. The maximum absolute atomic E-state index is 13.3. The molecule has 6 rings (SSSR count). The second-order valence-corrected chi connectivity index (χ2v) is 11.0. The number of nitrogens with zero attached hydrogens (tertiary/aromatic N) is 6. The third-order valence-corrected chi connectivity index (χ3v) is 8.44. The Bertz CT molecular complexity index is 1920. The van der Waals surface area contributed by atoms with Crippen molar-refractivity contribution in [2.45, 2.75) is 25.7 Å². The molecule has 4 aromatic carbocycles. The molecule has 0 bridgehead atoms. The summed E-state index contributed by atoms with van der Waals surface area (Å²) in [5.41, 5.74) is -2.75. The predicted octanol–water partition coefficient (Wildman–Crippen LogP) is 5.08. The van der Waals surface area contributed by atoms with Crippen LogP contribution >= 0.6 is 0 Å². The molecule has 0 atom stereocenters. The number of hydrogen-bond acceptors (Lipinski definition) is 12. The monoisotopic (exact) mass is 656 g/mol. The number of benzene rings is 4. The molecular weight excluding hydrogens is 636 g/mol. The summed E-state index contributed by atoms with van der Waals surface area (Å²) < 4.78 is 0. The number of amides is 4. The molecule has 18 nitrogen and oxygen atoms in total. The van der Waals surface area contributed by atoms with Crippen LogP contribution in [0.1, 0.15) is 67.1 Å². The lowest BCUT2D eigenvalue weighted by molar-refractivity contribution is -0.390. The number of nitro benzene ring substituents is 4. The lowest BCUT2D eigenvalue weighted by Crippen LogP contribution is -2.41. The zero-order chi connectivity index (χ0) is 34.6. The van der Waals surface area contributed by atoms with Crippen molar-refractivity contribution in [1.29, 1.82) is 0 Å². The van der Waals surface area contributed by atoms with E-state index < -0.39 is 76.8 Å². The molecule has 0 unspecified atom stereocenters. The molecule has 48 heavy (non-hydrogen) atoms. The van der Waals surface area contributed by atoms with Gasteiger partial charge in [-0.15, -0.1) is 0 Å². The van der Waals surface area contributed by atoms with E-state index in [9.17, 15) is 59.6 Å². The van der Waals surface area contributed by atoms with Gasteiger partial charge in [0.2, 0.25) is 0 Å². The average molecular weight is 657 g/mol. The van der Waals surface area contributed by atoms with Gasteiger partial charge < -0.3 is 0 Å². The van der Waals surface area contributed by atoms with Crippen LogP contribution in [-0.2, 0) is 0 Å². The third-order valence-electron chi connectivity index (χ3n) is 8.44. The number of hydrogen-bond donors (Lipinski definition) is 0. The molecule has 2 heterocycles. The van der Waals surface area contributed by atoms with Crippen LogP contribution < -0.4 is 0 Å². The highest BCUT2D eigenvalue weighted by Crippen LogP contribution is 2.42. The van der Waals surface area contributed by atoms with Gasteiger partial charge in [-0.25, -0.2) is 0 Å². The predicted molar refractivity (Wildman–Crippen MR) is 164 cm³/mol. The third kappa shape index (κ3) is 4.73. The van der Waals surface area contributed by atoms with Crippen LogP contribution in [0.4, 0.5) is 22.7 Å². The van der Waals surface area contributed by atoms with Gasteiger partial charge in [-0.1, -0.05) is 12.8 Å². The van der Waals surface area contributed by atoms with Crippen LogP contribution in [0, 0.1) is 40.5 Å². The highest BCUT2D eigenvalue weighted by Gasteiger charge is 2.39. The van der Waals surface area contributed by atoms with Crippen LogP contribution in [0.3, 0.4) is 0 Å². The number of unbranched alkanes of at least 4 members (excludes halogenated alkanes) is 3. The Hall–Kier alpha value is -6.72. The fraction of sp³-hybridized carbons (Fsp3) is 0.200. The molecule has 0 saturated heterocycles. The molecule has 18 heteroatoms. The van der Waals surface area contributed by atoms with E-state index in [1.54, 1.807) is 0 Å². The summed E-state index contributed by atoms with van der Waals surface area (Å²) in [5, 5.41) is 45.3.